The lowest BCUT2D eigenvalue weighted by molar-refractivity contribution is -0.113. The molecule has 158 valence electrons. The Morgan fingerprint density at radius 3 is 2.73 bits per heavy atom. The number of morpholine rings is 1. The summed E-state index contributed by atoms with van der Waals surface area (Å²) >= 11 is 1.18. The molecule has 0 aliphatic carbocycles. The molecule has 1 aromatic heterocycles. The third-order valence-electron chi connectivity index (χ3n) is 4.66. The lowest BCUT2D eigenvalue weighted by Gasteiger charge is -2.26. The van der Waals surface area contributed by atoms with Gasteiger partial charge in [-0.25, -0.2) is 13.4 Å². The third-order valence-corrected chi connectivity index (χ3v) is 7.53. The summed E-state index contributed by atoms with van der Waals surface area (Å²) in [5.41, 5.74) is 2.45. The second-order valence-electron chi connectivity index (χ2n) is 6.78. The molecule has 0 unspecified atom stereocenters. The van der Waals surface area contributed by atoms with Crippen molar-refractivity contribution in [3.8, 4) is 0 Å². The predicted octanol–water partition coefficient (Wildman–Crippen LogP) is 2.89. The van der Waals surface area contributed by atoms with Gasteiger partial charge in [-0.3, -0.25) is 4.79 Å². The molecule has 8 nitrogen and oxygen atoms in total. The molecule has 1 aliphatic heterocycles. The number of nitrogens with one attached hydrogen (secondary N) is 1. The van der Waals surface area contributed by atoms with Crippen molar-refractivity contribution in [2.75, 3.05) is 37.4 Å². The van der Waals surface area contributed by atoms with Gasteiger partial charge >= 0.3 is 0 Å². The number of hydrogen-bond donors (Lipinski definition) is 1. The van der Waals surface area contributed by atoms with Crippen molar-refractivity contribution in [1.29, 1.82) is 0 Å². The van der Waals surface area contributed by atoms with Crippen molar-refractivity contribution in [3.05, 3.63) is 48.0 Å². The van der Waals surface area contributed by atoms with Crippen molar-refractivity contribution in [1.82, 2.24) is 9.29 Å². The largest absolute Gasteiger partial charge is 0.431 e. The molecule has 4 rings (SSSR count). The Hall–Kier alpha value is -2.40. The summed E-state index contributed by atoms with van der Waals surface area (Å²) in [6.07, 6.45) is 0. The number of ether oxygens (including phenoxy) is 1. The summed E-state index contributed by atoms with van der Waals surface area (Å²) in [6.45, 7) is 3.13. The minimum atomic E-state index is -3.65. The number of aryl methyl sites for hydroxylation is 1. The molecule has 30 heavy (non-hydrogen) atoms. The van der Waals surface area contributed by atoms with Crippen molar-refractivity contribution in [2.24, 2.45) is 0 Å². The molecule has 0 atom stereocenters. The summed E-state index contributed by atoms with van der Waals surface area (Å²) in [4.78, 5) is 16.9. The van der Waals surface area contributed by atoms with Gasteiger partial charge in [-0.15, -0.1) is 0 Å². The Bertz CT molecular complexity index is 1140. The minimum Gasteiger partial charge on any atom is -0.431 e. The zero-order valence-electron chi connectivity index (χ0n) is 16.3. The average Bonchev–Trinajstić information content (AvgIpc) is 3.17. The number of carbonyl (C=O) groups excluding carboxylic acids is 1. The molecule has 0 spiro atoms. The zero-order valence-corrected chi connectivity index (χ0v) is 18.0. The third kappa shape index (κ3) is 4.51. The maximum absolute atomic E-state index is 13.0. The van der Waals surface area contributed by atoms with Crippen molar-refractivity contribution in [3.63, 3.8) is 0 Å². The summed E-state index contributed by atoms with van der Waals surface area (Å²) in [5, 5.41) is 3.16. The molecule has 0 bridgehead atoms. The standard InChI is InChI=1S/C20H21N3O5S2/c1-14-6-7-15(12-18(14)30(25,26)23-8-10-27-11-9-23)21-19(24)13-29-20-22-16-4-2-3-5-17(16)28-20/h2-7,12H,8-11,13H2,1H3,(H,21,24). The summed E-state index contributed by atoms with van der Waals surface area (Å²) in [7, 11) is -3.65. The van der Waals surface area contributed by atoms with Crippen LogP contribution in [0.15, 0.2) is 57.0 Å². The monoisotopic (exact) mass is 447 g/mol. The molecule has 1 saturated heterocycles. The summed E-state index contributed by atoms with van der Waals surface area (Å²) in [6, 6.07) is 12.3. The highest BCUT2D eigenvalue weighted by Crippen LogP contribution is 2.26. The molecule has 10 heteroatoms. The van der Waals surface area contributed by atoms with E-state index in [1.165, 1.54) is 22.1 Å². The zero-order chi connectivity index (χ0) is 21.1. The van der Waals surface area contributed by atoms with E-state index in [0.29, 0.717) is 48.4 Å². The van der Waals surface area contributed by atoms with Crippen molar-refractivity contribution < 1.29 is 22.4 Å². The van der Waals surface area contributed by atoms with Crippen LogP contribution in [0.2, 0.25) is 0 Å². The van der Waals surface area contributed by atoms with Crippen LogP contribution in [0, 0.1) is 6.92 Å². The van der Waals surface area contributed by atoms with Gasteiger partial charge in [-0.1, -0.05) is 30.0 Å². The van der Waals surface area contributed by atoms with Gasteiger partial charge in [-0.05, 0) is 36.8 Å². The van der Waals surface area contributed by atoms with Gasteiger partial charge in [0.05, 0.1) is 23.9 Å². The topological polar surface area (TPSA) is 102 Å². The van der Waals surface area contributed by atoms with Gasteiger partial charge in [0.2, 0.25) is 15.9 Å². The maximum atomic E-state index is 13.0. The number of sulfonamides is 1. The smallest absolute Gasteiger partial charge is 0.257 e. The molecule has 1 amide bonds. The SMILES string of the molecule is Cc1ccc(NC(=O)CSc2nc3ccccc3o2)cc1S(=O)(=O)N1CCOCC1. The Labute approximate surface area is 178 Å². The maximum Gasteiger partial charge on any atom is 0.257 e. The van der Waals surface area contributed by atoms with Crippen molar-refractivity contribution >= 4 is 44.5 Å². The fraction of sp³-hybridized carbons (Fsp3) is 0.300. The predicted molar refractivity (Wildman–Crippen MR) is 114 cm³/mol. The molecule has 1 fully saturated rings. The number of para-hydroxylation sites is 2. The number of oxazole rings is 1. The first-order valence-corrected chi connectivity index (χ1v) is 11.8. The minimum absolute atomic E-state index is 0.0895. The van der Waals surface area contributed by atoms with E-state index in [1.807, 2.05) is 24.3 Å². The number of benzene rings is 2. The molecular weight excluding hydrogens is 426 g/mol. The highest BCUT2D eigenvalue weighted by atomic mass is 32.2. The highest BCUT2D eigenvalue weighted by molar-refractivity contribution is 7.99. The fourth-order valence-corrected chi connectivity index (χ4v) is 5.42. The number of hydrogen-bond acceptors (Lipinski definition) is 7. The van der Waals surface area contributed by atoms with Crippen LogP contribution in [0.4, 0.5) is 5.69 Å². The van der Waals surface area contributed by atoms with Crippen LogP contribution >= 0.6 is 11.8 Å². The van der Waals surface area contributed by atoms with Gasteiger partial charge < -0.3 is 14.5 Å². The number of aromatic nitrogens is 1. The molecule has 1 aliphatic rings. The molecular formula is C20H21N3O5S2. The van der Waals surface area contributed by atoms with Crippen LogP contribution in [-0.2, 0) is 19.6 Å². The number of carbonyl (C=O) groups is 1. The van der Waals surface area contributed by atoms with E-state index in [1.54, 1.807) is 19.1 Å². The van der Waals surface area contributed by atoms with E-state index >= 15 is 0 Å². The summed E-state index contributed by atoms with van der Waals surface area (Å²) in [5.74, 6) is -0.187. The Kier molecular flexibility index (Phi) is 6.09. The lowest BCUT2D eigenvalue weighted by Crippen LogP contribution is -2.40. The van der Waals surface area contributed by atoms with Crippen LogP contribution in [0.25, 0.3) is 11.1 Å². The van der Waals surface area contributed by atoms with E-state index in [0.717, 1.165) is 5.52 Å². The van der Waals surface area contributed by atoms with Gasteiger partial charge in [-0.2, -0.15) is 4.31 Å². The van der Waals surface area contributed by atoms with Crippen molar-refractivity contribution in [2.45, 2.75) is 17.0 Å². The van der Waals surface area contributed by atoms with Crippen LogP contribution in [0.5, 0.6) is 0 Å². The lowest BCUT2D eigenvalue weighted by atomic mass is 10.2. The van der Waals surface area contributed by atoms with E-state index < -0.39 is 10.0 Å². The number of rotatable bonds is 6. The van der Waals surface area contributed by atoms with Gasteiger partial charge in [0.15, 0.2) is 5.58 Å². The summed E-state index contributed by atoms with van der Waals surface area (Å²) < 4.78 is 38.2. The van der Waals surface area contributed by atoms with E-state index in [9.17, 15) is 13.2 Å². The first kappa shape index (κ1) is 20.9. The molecule has 0 saturated carbocycles. The number of amides is 1. The van der Waals surface area contributed by atoms with E-state index in [4.69, 9.17) is 9.15 Å². The molecule has 1 N–H and O–H groups in total. The fourth-order valence-electron chi connectivity index (χ4n) is 3.12. The van der Waals surface area contributed by atoms with Crippen LogP contribution in [-0.4, -0.2) is 55.7 Å². The number of anilines is 1. The van der Waals surface area contributed by atoms with Crippen LogP contribution < -0.4 is 5.32 Å². The Morgan fingerprint density at radius 1 is 1.20 bits per heavy atom. The molecule has 2 heterocycles. The van der Waals surface area contributed by atoms with E-state index in [2.05, 4.69) is 10.3 Å². The number of fused-ring (bicyclic) bond motifs is 1. The van der Waals surface area contributed by atoms with Gasteiger partial charge in [0.1, 0.15) is 5.52 Å². The molecule has 2 aromatic carbocycles. The highest BCUT2D eigenvalue weighted by Gasteiger charge is 2.28. The van der Waals surface area contributed by atoms with Gasteiger partial charge in [0.25, 0.3) is 5.22 Å². The normalized spacial score (nSPS) is 15.4. The van der Waals surface area contributed by atoms with Gasteiger partial charge in [0, 0.05) is 18.8 Å². The van der Waals surface area contributed by atoms with Crippen LogP contribution in [0.3, 0.4) is 0 Å². The number of thioether (sulfide) groups is 1. The number of nitrogens with zero attached hydrogens (tertiary/aromatic N) is 2. The Balaban J connectivity index is 1.44. The first-order chi connectivity index (χ1) is 14.4. The van der Waals surface area contributed by atoms with E-state index in [-0.39, 0.29) is 16.6 Å². The second-order valence-corrected chi connectivity index (χ2v) is 9.61. The molecule has 0 radical (unpaired) electrons. The molecule has 3 aromatic rings. The average molecular weight is 448 g/mol. The Morgan fingerprint density at radius 2 is 1.97 bits per heavy atom. The first-order valence-electron chi connectivity index (χ1n) is 9.40. The second kappa shape index (κ2) is 8.76. The quantitative estimate of drug-likeness (QED) is 0.580. The van der Waals surface area contributed by atoms with Crippen LogP contribution in [0.1, 0.15) is 5.56 Å².